The SMILES string of the molecule is CCS(=O)(=O)CCNC(=O)c1cc(S(=O)(=O)N2CCCCCC2)ccc1OC. The van der Waals surface area contributed by atoms with Gasteiger partial charge in [-0.1, -0.05) is 19.8 Å². The Morgan fingerprint density at radius 1 is 1.11 bits per heavy atom. The van der Waals surface area contributed by atoms with Crippen molar-refractivity contribution in [3.05, 3.63) is 23.8 Å². The second-order valence-corrected chi connectivity index (χ2v) is 11.1. The van der Waals surface area contributed by atoms with E-state index in [-0.39, 0.29) is 34.3 Å². The van der Waals surface area contributed by atoms with Crippen molar-refractivity contribution < 1.29 is 26.4 Å². The summed E-state index contributed by atoms with van der Waals surface area (Å²) in [5.41, 5.74) is 0.0623. The minimum Gasteiger partial charge on any atom is -0.496 e. The van der Waals surface area contributed by atoms with Crippen LogP contribution in [0.4, 0.5) is 0 Å². The zero-order chi connectivity index (χ0) is 20.8. The van der Waals surface area contributed by atoms with E-state index >= 15 is 0 Å². The van der Waals surface area contributed by atoms with Crippen LogP contribution >= 0.6 is 0 Å². The van der Waals surface area contributed by atoms with Crippen LogP contribution in [0.2, 0.25) is 0 Å². The fraction of sp³-hybridized carbons (Fsp3) is 0.611. The summed E-state index contributed by atoms with van der Waals surface area (Å²) in [5, 5.41) is 2.53. The number of carbonyl (C=O) groups is 1. The summed E-state index contributed by atoms with van der Waals surface area (Å²) in [4.78, 5) is 12.5. The molecule has 158 valence electrons. The van der Waals surface area contributed by atoms with Gasteiger partial charge < -0.3 is 10.1 Å². The van der Waals surface area contributed by atoms with E-state index in [0.717, 1.165) is 25.7 Å². The summed E-state index contributed by atoms with van der Waals surface area (Å²) in [6.07, 6.45) is 3.63. The van der Waals surface area contributed by atoms with Gasteiger partial charge >= 0.3 is 0 Å². The molecule has 0 aliphatic carbocycles. The number of methoxy groups -OCH3 is 1. The van der Waals surface area contributed by atoms with Gasteiger partial charge in [-0.15, -0.1) is 0 Å². The summed E-state index contributed by atoms with van der Waals surface area (Å²) in [7, 11) is -5.54. The first-order chi connectivity index (χ1) is 13.2. The van der Waals surface area contributed by atoms with Gasteiger partial charge in [0.2, 0.25) is 10.0 Å². The lowest BCUT2D eigenvalue weighted by molar-refractivity contribution is 0.0953. The Hall–Kier alpha value is -1.65. The highest BCUT2D eigenvalue weighted by Gasteiger charge is 2.27. The number of ether oxygens (including phenoxy) is 1. The average molecular weight is 433 g/mol. The molecule has 0 unspecified atom stereocenters. The second-order valence-electron chi connectivity index (χ2n) is 6.67. The van der Waals surface area contributed by atoms with Crippen LogP contribution in [0.5, 0.6) is 5.75 Å². The third kappa shape index (κ3) is 5.68. The predicted octanol–water partition coefficient (Wildman–Crippen LogP) is 1.42. The number of carbonyl (C=O) groups excluding carboxylic acids is 1. The smallest absolute Gasteiger partial charge is 0.255 e. The third-order valence-corrected chi connectivity index (χ3v) is 8.36. The van der Waals surface area contributed by atoms with Crippen molar-refractivity contribution >= 4 is 25.8 Å². The van der Waals surface area contributed by atoms with Gasteiger partial charge in [-0.25, -0.2) is 16.8 Å². The number of hydrogen-bond acceptors (Lipinski definition) is 6. The van der Waals surface area contributed by atoms with E-state index in [9.17, 15) is 21.6 Å². The van der Waals surface area contributed by atoms with Gasteiger partial charge in [0, 0.05) is 25.4 Å². The molecule has 2 rings (SSSR count). The highest BCUT2D eigenvalue weighted by Crippen LogP contribution is 2.26. The first kappa shape index (κ1) is 22.6. The van der Waals surface area contributed by atoms with Crippen LogP contribution < -0.4 is 10.1 Å². The van der Waals surface area contributed by atoms with E-state index in [1.54, 1.807) is 0 Å². The van der Waals surface area contributed by atoms with Crippen LogP contribution in [0.3, 0.4) is 0 Å². The quantitative estimate of drug-likeness (QED) is 0.665. The van der Waals surface area contributed by atoms with E-state index in [0.29, 0.717) is 13.1 Å². The number of nitrogens with zero attached hydrogens (tertiary/aromatic N) is 1. The molecule has 28 heavy (non-hydrogen) atoms. The molecule has 1 amide bonds. The second kappa shape index (κ2) is 9.71. The van der Waals surface area contributed by atoms with Crippen LogP contribution in [0, 0.1) is 0 Å². The Morgan fingerprint density at radius 2 is 1.75 bits per heavy atom. The van der Waals surface area contributed by atoms with Crippen molar-refractivity contribution in [2.24, 2.45) is 0 Å². The number of hydrogen-bond donors (Lipinski definition) is 1. The minimum atomic E-state index is -3.71. The molecule has 0 aromatic heterocycles. The molecular weight excluding hydrogens is 404 g/mol. The lowest BCUT2D eigenvalue weighted by Gasteiger charge is -2.20. The largest absolute Gasteiger partial charge is 0.496 e. The summed E-state index contributed by atoms with van der Waals surface area (Å²) >= 11 is 0. The van der Waals surface area contributed by atoms with Gasteiger partial charge in [0.25, 0.3) is 5.91 Å². The summed E-state index contributed by atoms with van der Waals surface area (Å²) in [6, 6.07) is 4.17. The number of benzene rings is 1. The fourth-order valence-electron chi connectivity index (χ4n) is 3.02. The summed E-state index contributed by atoms with van der Waals surface area (Å²) in [6.45, 7) is 2.41. The molecule has 0 spiro atoms. The van der Waals surface area contributed by atoms with Crippen molar-refractivity contribution in [2.75, 3.05) is 38.2 Å². The molecule has 1 aromatic carbocycles. The van der Waals surface area contributed by atoms with Gasteiger partial charge in [-0.2, -0.15) is 4.31 Å². The molecule has 1 N–H and O–H groups in total. The van der Waals surface area contributed by atoms with Gasteiger partial charge in [0.05, 0.1) is 23.3 Å². The van der Waals surface area contributed by atoms with Crippen molar-refractivity contribution in [2.45, 2.75) is 37.5 Å². The fourth-order valence-corrected chi connectivity index (χ4v) is 5.26. The molecule has 1 fully saturated rings. The normalized spacial score (nSPS) is 16.4. The van der Waals surface area contributed by atoms with Crippen LogP contribution in [-0.2, 0) is 19.9 Å². The molecule has 0 atom stereocenters. The molecule has 0 radical (unpaired) electrons. The molecule has 0 saturated carbocycles. The zero-order valence-electron chi connectivity index (χ0n) is 16.3. The molecule has 1 saturated heterocycles. The molecule has 1 aliphatic rings. The van der Waals surface area contributed by atoms with Gasteiger partial charge in [-0.3, -0.25) is 4.79 Å². The Labute approximate surface area is 167 Å². The Kier molecular flexibility index (Phi) is 7.85. The van der Waals surface area contributed by atoms with Gasteiger partial charge in [-0.05, 0) is 31.0 Å². The lowest BCUT2D eigenvalue weighted by atomic mass is 10.2. The van der Waals surface area contributed by atoms with Crippen molar-refractivity contribution in [1.82, 2.24) is 9.62 Å². The number of sulfonamides is 1. The third-order valence-electron chi connectivity index (χ3n) is 4.76. The first-order valence-electron chi connectivity index (χ1n) is 9.38. The number of amides is 1. The van der Waals surface area contributed by atoms with Crippen LogP contribution in [0.1, 0.15) is 43.0 Å². The van der Waals surface area contributed by atoms with Crippen molar-refractivity contribution in [1.29, 1.82) is 0 Å². The van der Waals surface area contributed by atoms with E-state index < -0.39 is 25.8 Å². The van der Waals surface area contributed by atoms with Crippen LogP contribution in [0.25, 0.3) is 0 Å². The number of nitrogens with one attached hydrogen (secondary N) is 1. The number of rotatable bonds is 8. The Morgan fingerprint density at radius 3 is 2.32 bits per heavy atom. The first-order valence-corrected chi connectivity index (χ1v) is 12.6. The van der Waals surface area contributed by atoms with E-state index in [2.05, 4.69) is 5.32 Å². The maximum atomic E-state index is 13.0. The van der Waals surface area contributed by atoms with Gasteiger partial charge in [0.15, 0.2) is 9.84 Å². The molecular formula is C18H28N2O6S2. The molecule has 1 heterocycles. The maximum absolute atomic E-state index is 13.0. The van der Waals surface area contributed by atoms with Crippen molar-refractivity contribution in [3.8, 4) is 5.75 Å². The van der Waals surface area contributed by atoms with Crippen LogP contribution in [0.15, 0.2) is 23.1 Å². The Balaban J connectivity index is 2.24. The predicted molar refractivity (Wildman–Crippen MR) is 107 cm³/mol. The van der Waals surface area contributed by atoms with Crippen LogP contribution in [-0.4, -0.2) is 65.3 Å². The summed E-state index contributed by atoms with van der Waals surface area (Å²) < 4.78 is 55.7. The molecule has 8 nitrogen and oxygen atoms in total. The molecule has 1 aromatic rings. The van der Waals surface area contributed by atoms with Gasteiger partial charge in [0.1, 0.15) is 5.75 Å². The topological polar surface area (TPSA) is 110 Å². The van der Waals surface area contributed by atoms with E-state index in [4.69, 9.17) is 4.74 Å². The molecule has 1 aliphatic heterocycles. The van der Waals surface area contributed by atoms with Crippen molar-refractivity contribution in [3.63, 3.8) is 0 Å². The molecule has 10 heteroatoms. The standard InChI is InChI=1S/C18H28N2O6S2/c1-3-27(22,23)13-10-19-18(21)16-14-15(8-9-17(16)26-2)28(24,25)20-11-6-4-5-7-12-20/h8-9,14H,3-7,10-13H2,1-2H3,(H,19,21). The maximum Gasteiger partial charge on any atom is 0.255 e. The summed E-state index contributed by atoms with van der Waals surface area (Å²) in [5.74, 6) is -0.527. The highest BCUT2D eigenvalue weighted by molar-refractivity contribution is 7.91. The zero-order valence-corrected chi connectivity index (χ0v) is 17.9. The molecule has 0 bridgehead atoms. The van der Waals surface area contributed by atoms with E-state index in [1.807, 2.05) is 0 Å². The average Bonchev–Trinajstić information content (AvgIpc) is 2.97. The monoisotopic (exact) mass is 432 g/mol. The highest BCUT2D eigenvalue weighted by atomic mass is 32.2. The lowest BCUT2D eigenvalue weighted by Crippen LogP contribution is -2.33. The number of sulfone groups is 1. The minimum absolute atomic E-state index is 0.00421. The van der Waals surface area contributed by atoms with E-state index in [1.165, 1.54) is 36.5 Å². The Bertz CT molecular complexity index is 889.